The molecule has 0 spiro atoms. The third kappa shape index (κ3) is 12.3. The standard InChI is InChI=1S/CH3O6P.K/c2-1(3)7-8(4,5)6;/h(H,2,3)(H2,4,5,6);/q;+1/p-1. The molecule has 0 aromatic rings. The Morgan fingerprint density at radius 3 is 1.89 bits per heavy atom. The Kier molecular flexibility index (Phi) is 6.79. The Hall–Kier alpha value is 1.06. The number of rotatable bonds is 1. The maximum atomic E-state index is 9.49. The van der Waals surface area contributed by atoms with Gasteiger partial charge in [0.15, 0.2) is 0 Å². The molecule has 0 heterocycles. The predicted octanol–water partition coefficient (Wildman–Crippen LogP) is -4.56. The number of hydrogen-bond acceptors (Lipinski definition) is 4. The van der Waals surface area contributed by atoms with E-state index in [-0.39, 0.29) is 51.4 Å². The number of hydrogen-bond donors (Lipinski definition) is 2. The predicted molar refractivity (Wildman–Crippen MR) is 18.5 cm³/mol. The maximum absolute atomic E-state index is 9.49. The van der Waals surface area contributed by atoms with E-state index in [1.807, 2.05) is 0 Å². The second-order valence-corrected chi connectivity index (χ2v) is 2.00. The number of phosphoric ester groups is 1. The molecule has 0 saturated heterocycles. The van der Waals surface area contributed by atoms with Gasteiger partial charge in [-0.05, 0) is 0 Å². The van der Waals surface area contributed by atoms with Crippen molar-refractivity contribution in [3.05, 3.63) is 0 Å². The van der Waals surface area contributed by atoms with Gasteiger partial charge in [0.05, 0.1) is 0 Å². The van der Waals surface area contributed by atoms with Crippen molar-refractivity contribution in [2.24, 2.45) is 0 Å². The van der Waals surface area contributed by atoms with E-state index >= 15 is 0 Å². The number of carbonyl (C=O) groups is 1. The minimum atomic E-state index is -4.88. The van der Waals surface area contributed by atoms with Crippen molar-refractivity contribution in [2.45, 2.75) is 0 Å². The Morgan fingerprint density at radius 2 is 1.89 bits per heavy atom. The summed E-state index contributed by atoms with van der Waals surface area (Å²) in [5.74, 6) is 0. The van der Waals surface area contributed by atoms with Crippen LogP contribution in [0.5, 0.6) is 0 Å². The van der Waals surface area contributed by atoms with Crippen LogP contribution in [0.4, 0.5) is 4.79 Å². The molecule has 0 bridgehead atoms. The van der Waals surface area contributed by atoms with Crippen molar-refractivity contribution in [2.75, 3.05) is 0 Å². The van der Waals surface area contributed by atoms with Crippen molar-refractivity contribution in [1.82, 2.24) is 0 Å². The topological polar surface area (TPSA) is 107 Å². The molecule has 8 heteroatoms. The third-order valence-electron chi connectivity index (χ3n) is 0.193. The Bertz CT molecular complexity index is 136. The second kappa shape index (κ2) is 4.81. The smallest absolute Gasteiger partial charge is 0.455 e. The molecule has 0 unspecified atom stereocenters. The minimum absolute atomic E-state index is 0. The molecule has 2 N–H and O–H groups in total. The van der Waals surface area contributed by atoms with Crippen molar-refractivity contribution >= 4 is 14.0 Å². The molecular weight excluding hydrogens is 178 g/mol. The molecule has 0 aromatic carbocycles. The molecular formula is CH2KO6P. The van der Waals surface area contributed by atoms with Crippen LogP contribution in [0.3, 0.4) is 0 Å². The van der Waals surface area contributed by atoms with Gasteiger partial charge < -0.3 is 24.2 Å². The Balaban J connectivity index is 0. The van der Waals surface area contributed by atoms with Crippen LogP contribution in [-0.2, 0) is 9.09 Å². The number of carbonyl (C=O) groups excluding carboxylic acids is 1. The quantitative estimate of drug-likeness (QED) is 0.311. The normalized spacial score (nSPS) is 9.56. The molecule has 0 aliphatic rings. The summed E-state index contributed by atoms with van der Waals surface area (Å²) in [6.45, 7) is 0. The van der Waals surface area contributed by atoms with E-state index in [4.69, 9.17) is 9.79 Å². The van der Waals surface area contributed by atoms with Crippen LogP contribution in [0.25, 0.3) is 0 Å². The maximum Gasteiger partial charge on any atom is 1.00 e. The van der Waals surface area contributed by atoms with Crippen LogP contribution in [-0.4, -0.2) is 15.9 Å². The first-order valence-electron chi connectivity index (χ1n) is 1.38. The van der Waals surface area contributed by atoms with E-state index in [0.29, 0.717) is 0 Å². The van der Waals surface area contributed by atoms with Crippen molar-refractivity contribution in [3.8, 4) is 0 Å². The van der Waals surface area contributed by atoms with Gasteiger partial charge >= 0.3 is 59.2 Å². The summed E-state index contributed by atoms with van der Waals surface area (Å²) in [5, 5.41) is 9.19. The summed E-state index contributed by atoms with van der Waals surface area (Å²) in [6, 6.07) is 0. The van der Waals surface area contributed by atoms with Crippen LogP contribution in [0.15, 0.2) is 0 Å². The molecule has 9 heavy (non-hydrogen) atoms. The van der Waals surface area contributed by atoms with Gasteiger partial charge in [0.25, 0.3) is 6.16 Å². The van der Waals surface area contributed by atoms with Gasteiger partial charge in [-0.2, -0.15) is 0 Å². The van der Waals surface area contributed by atoms with Gasteiger partial charge in [-0.3, -0.25) is 0 Å². The van der Waals surface area contributed by atoms with E-state index in [2.05, 4.69) is 4.52 Å². The largest absolute Gasteiger partial charge is 1.00 e. The van der Waals surface area contributed by atoms with Crippen LogP contribution in [0.1, 0.15) is 0 Å². The van der Waals surface area contributed by atoms with Crippen LogP contribution < -0.4 is 56.5 Å². The number of carboxylic acid groups (broad SMARTS) is 1. The summed E-state index contributed by atoms with van der Waals surface area (Å²) in [4.78, 5) is 24.5. The van der Waals surface area contributed by atoms with Crippen LogP contribution in [0, 0.1) is 0 Å². The van der Waals surface area contributed by atoms with E-state index in [1.54, 1.807) is 0 Å². The Labute approximate surface area is 92.9 Å². The molecule has 0 saturated carbocycles. The molecule has 48 valence electrons. The van der Waals surface area contributed by atoms with Gasteiger partial charge in [0, 0.05) is 0 Å². The average Bonchev–Trinajstić information content (AvgIpc) is 1.21. The van der Waals surface area contributed by atoms with Gasteiger partial charge in [0.2, 0.25) is 0 Å². The summed E-state index contributed by atoms with van der Waals surface area (Å²) >= 11 is 0. The zero-order valence-corrected chi connectivity index (χ0v) is 8.49. The zero-order valence-electron chi connectivity index (χ0n) is 4.47. The molecule has 0 aromatic heterocycles. The summed E-state index contributed by atoms with van der Waals surface area (Å²) in [7, 11) is -4.88. The first-order chi connectivity index (χ1) is 3.42. The fourth-order valence-corrected chi connectivity index (χ4v) is 0.291. The van der Waals surface area contributed by atoms with Crippen LogP contribution >= 0.6 is 7.82 Å². The molecule has 0 aliphatic heterocycles. The van der Waals surface area contributed by atoms with Crippen LogP contribution in [0.2, 0.25) is 0 Å². The molecule has 0 fully saturated rings. The second-order valence-electron chi connectivity index (χ2n) is 0.832. The van der Waals surface area contributed by atoms with Gasteiger partial charge in [0.1, 0.15) is 0 Å². The molecule has 0 radical (unpaired) electrons. The van der Waals surface area contributed by atoms with Crippen molar-refractivity contribution in [3.63, 3.8) is 0 Å². The minimum Gasteiger partial charge on any atom is -0.455 e. The third-order valence-corrected chi connectivity index (χ3v) is 0.580. The summed E-state index contributed by atoms with van der Waals surface area (Å²) < 4.78 is 12.4. The van der Waals surface area contributed by atoms with E-state index in [0.717, 1.165) is 0 Å². The van der Waals surface area contributed by atoms with E-state index in [9.17, 15) is 14.5 Å². The molecule has 6 nitrogen and oxygen atoms in total. The number of phosphoric acid groups is 1. The average molecular weight is 180 g/mol. The van der Waals surface area contributed by atoms with Crippen molar-refractivity contribution < 1.29 is 80.2 Å². The molecule has 0 aliphatic carbocycles. The monoisotopic (exact) mass is 180 g/mol. The van der Waals surface area contributed by atoms with Crippen molar-refractivity contribution in [1.29, 1.82) is 0 Å². The fraction of sp³-hybridized carbons (Fsp3) is 0. The summed E-state index contributed by atoms with van der Waals surface area (Å²) in [6.07, 6.45) is -2.24. The molecule has 0 atom stereocenters. The fourth-order valence-electron chi connectivity index (χ4n) is 0.0971. The van der Waals surface area contributed by atoms with Gasteiger partial charge in [-0.15, -0.1) is 0 Å². The SMILES string of the molecule is O=C([O-])OP(=O)(O)O.[K+]. The molecule has 0 amide bonds. The van der Waals surface area contributed by atoms with Gasteiger partial charge in [-0.25, -0.2) is 4.57 Å². The van der Waals surface area contributed by atoms with E-state index in [1.165, 1.54) is 0 Å². The first kappa shape index (κ1) is 12.7. The first-order valence-corrected chi connectivity index (χ1v) is 2.91. The van der Waals surface area contributed by atoms with Gasteiger partial charge in [-0.1, -0.05) is 0 Å². The van der Waals surface area contributed by atoms with E-state index < -0.39 is 14.0 Å². The zero-order chi connectivity index (χ0) is 6.78. The molecule has 0 rings (SSSR count). The summed E-state index contributed by atoms with van der Waals surface area (Å²) in [5.41, 5.74) is 0. The Morgan fingerprint density at radius 1 is 1.56 bits per heavy atom.